The highest BCUT2D eigenvalue weighted by atomic mass is 32.2. The Morgan fingerprint density at radius 1 is 1.26 bits per heavy atom. The van der Waals surface area contributed by atoms with Crippen molar-refractivity contribution in [1.29, 1.82) is 0 Å². The Bertz CT molecular complexity index is 389. The molecule has 0 aliphatic carbocycles. The molecule has 2 N–H and O–H groups in total. The summed E-state index contributed by atoms with van der Waals surface area (Å²) in [5.41, 5.74) is 1.25. The summed E-state index contributed by atoms with van der Waals surface area (Å²) >= 11 is 0. The summed E-state index contributed by atoms with van der Waals surface area (Å²) in [4.78, 5) is 0. The van der Waals surface area contributed by atoms with Crippen molar-refractivity contribution in [2.45, 2.75) is 25.9 Å². The van der Waals surface area contributed by atoms with Crippen molar-refractivity contribution < 1.29 is 19.2 Å². The average Bonchev–Trinajstić information content (AvgIpc) is 2.39. The van der Waals surface area contributed by atoms with Gasteiger partial charge in [0.25, 0.3) is 0 Å². The maximum Gasteiger partial charge on any atom is 0.119 e. The lowest BCUT2D eigenvalue weighted by Gasteiger charge is -2.10. The van der Waals surface area contributed by atoms with Gasteiger partial charge in [-0.1, -0.05) is 26.0 Å². The highest BCUT2D eigenvalue weighted by Gasteiger charge is 2.08. The van der Waals surface area contributed by atoms with E-state index in [9.17, 15) is 4.21 Å². The first-order chi connectivity index (χ1) is 9.02. The van der Waals surface area contributed by atoms with Crippen LogP contribution in [0.15, 0.2) is 24.3 Å². The fourth-order valence-electron chi connectivity index (χ4n) is 1.55. The van der Waals surface area contributed by atoms with Crippen molar-refractivity contribution >= 4 is 10.8 Å². The molecular formula is C14H22O4S. The fraction of sp³-hybridized carbons (Fsp3) is 0.571. The van der Waals surface area contributed by atoms with E-state index in [1.807, 2.05) is 24.3 Å². The average molecular weight is 286 g/mol. The number of benzene rings is 1. The molecule has 108 valence electrons. The zero-order valence-corrected chi connectivity index (χ0v) is 12.2. The molecule has 0 spiro atoms. The van der Waals surface area contributed by atoms with E-state index < -0.39 is 16.9 Å². The zero-order valence-electron chi connectivity index (χ0n) is 11.4. The van der Waals surface area contributed by atoms with E-state index in [1.54, 1.807) is 0 Å². The molecule has 0 radical (unpaired) electrons. The smallest absolute Gasteiger partial charge is 0.119 e. The third kappa shape index (κ3) is 6.18. The first-order valence-electron chi connectivity index (χ1n) is 6.39. The van der Waals surface area contributed by atoms with Crippen LogP contribution >= 0.6 is 0 Å². The molecule has 1 rings (SSSR count). The van der Waals surface area contributed by atoms with Crippen molar-refractivity contribution in [3.8, 4) is 5.75 Å². The Balaban J connectivity index is 2.31. The van der Waals surface area contributed by atoms with Gasteiger partial charge in [-0.05, 0) is 23.6 Å². The van der Waals surface area contributed by atoms with Gasteiger partial charge in [0.15, 0.2) is 0 Å². The summed E-state index contributed by atoms with van der Waals surface area (Å²) < 4.78 is 17.0. The first kappa shape index (κ1) is 16.1. The lowest BCUT2D eigenvalue weighted by Crippen LogP contribution is -2.23. The minimum atomic E-state index is -1.17. The molecule has 1 aromatic carbocycles. The molecule has 0 aromatic heterocycles. The van der Waals surface area contributed by atoms with Gasteiger partial charge >= 0.3 is 0 Å². The number of aliphatic hydroxyl groups excluding tert-OH is 2. The highest BCUT2D eigenvalue weighted by molar-refractivity contribution is 7.85. The van der Waals surface area contributed by atoms with Gasteiger partial charge in [-0.15, -0.1) is 0 Å². The van der Waals surface area contributed by atoms with Crippen LogP contribution in [0.2, 0.25) is 0 Å². The molecule has 0 fully saturated rings. The highest BCUT2D eigenvalue weighted by Crippen LogP contribution is 2.18. The van der Waals surface area contributed by atoms with E-state index in [1.165, 1.54) is 5.56 Å². The second-order valence-electron chi connectivity index (χ2n) is 4.72. The van der Waals surface area contributed by atoms with Gasteiger partial charge in [-0.3, -0.25) is 4.21 Å². The van der Waals surface area contributed by atoms with Crippen LogP contribution in [0.4, 0.5) is 0 Å². The molecule has 0 aliphatic heterocycles. The number of aliphatic hydroxyl groups is 2. The topological polar surface area (TPSA) is 66.8 Å². The second kappa shape index (κ2) is 8.30. The van der Waals surface area contributed by atoms with Gasteiger partial charge in [0.1, 0.15) is 5.75 Å². The zero-order chi connectivity index (χ0) is 14.3. The molecule has 0 saturated heterocycles. The third-order valence-electron chi connectivity index (χ3n) is 2.72. The molecule has 2 unspecified atom stereocenters. The van der Waals surface area contributed by atoms with Crippen molar-refractivity contribution in [3.63, 3.8) is 0 Å². The van der Waals surface area contributed by atoms with Crippen molar-refractivity contribution in [1.82, 2.24) is 0 Å². The Labute approximate surface area is 116 Å². The van der Waals surface area contributed by atoms with Crippen LogP contribution in [-0.2, 0) is 10.8 Å². The minimum absolute atomic E-state index is 0.0894. The molecule has 1 aromatic rings. The summed E-state index contributed by atoms with van der Waals surface area (Å²) in [5, 5.41) is 17.8. The Hall–Kier alpha value is -0.910. The number of rotatable bonds is 8. The largest absolute Gasteiger partial charge is 0.493 e. The molecule has 2 atom stereocenters. The molecule has 0 amide bonds. The molecule has 0 aliphatic rings. The maximum absolute atomic E-state index is 11.5. The summed E-state index contributed by atoms with van der Waals surface area (Å²) in [6.07, 6.45) is -0.911. The lowest BCUT2D eigenvalue weighted by atomic mass is 10.0. The maximum atomic E-state index is 11.5. The summed E-state index contributed by atoms with van der Waals surface area (Å²) in [5.74, 6) is 1.68. The standard InChI is InChI=1S/C14H22O4S/c1-11(2)12-3-5-14(6-4-12)18-7-8-19(17)10-13(16)9-15/h3-6,11,13,15-16H,7-10H2,1-2H3. The third-order valence-corrected chi connectivity index (χ3v) is 4.09. The second-order valence-corrected chi connectivity index (χ2v) is 6.34. The van der Waals surface area contributed by atoms with E-state index in [4.69, 9.17) is 14.9 Å². The van der Waals surface area contributed by atoms with E-state index in [-0.39, 0.29) is 12.4 Å². The van der Waals surface area contributed by atoms with E-state index in [2.05, 4.69) is 13.8 Å². The van der Waals surface area contributed by atoms with Gasteiger partial charge < -0.3 is 14.9 Å². The Morgan fingerprint density at radius 2 is 1.89 bits per heavy atom. The normalized spacial score (nSPS) is 14.4. The summed E-state index contributed by atoms with van der Waals surface area (Å²) in [6.45, 7) is 4.24. The Morgan fingerprint density at radius 3 is 2.42 bits per heavy atom. The minimum Gasteiger partial charge on any atom is -0.493 e. The number of ether oxygens (including phenoxy) is 1. The van der Waals surface area contributed by atoms with Gasteiger partial charge in [-0.2, -0.15) is 0 Å². The van der Waals surface area contributed by atoms with Crippen LogP contribution in [0, 0.1) is 0 Å². The van der Waals surface area contributed by atoms with Crippen LogP contribution < -0.4 is 4.74 Å². The van der Waals surface area contributed by atoms with Crippen LogP contribution in [-0.4, -0.2) is 45.2 Å². The van der Waals surface area contributed by atoms with Crippen molar-refractivity contribution in [2.24, 2.45) is 0 Å². The van der Waals surface area contributed by atoms with Crippen LogP contribution in [0.3, 0.4) is 0 Å². The van der Waals surface area contributed by atoms with Gasteiger partial charge in [0.2, 0.25) is 0 Å². The van der Waals surface area contributed by atoms with Crippen molar-refractivity contribution in [2.75, 3.05) is 24.7 Å². The molecule has 0 heterocycles. The predicted octanol–water partition coefficient (Wildman–Crippen LogP) is 1.29. The summed E-state index contributed by atoms with van der Waals surface area (Å²) in [7, 11) is -1.17. The SMILES string of the molecule is CC(C)c1ccc(OCCS(=O)CC(O)CO)cc1. The molecular weight excluding hydrogens is 264 g/mol. The van der Waals surface area contributed by atoms with Gasteiger partial charge in [0, 0.05) is 10.8 Å². The van der Waals surface area contributed by atoms with Crippen LogP contribution in [0.5, 0.6) is 5.75 Å². The number of hydrogen-bond donors (Lipinski definition) is 2. The monoisotopic (exact) mass is 286 g/mol. The summed E-state index contributed by atoms with van der Waals surface area (Å²) in [6, 6.07) is 7.85. The molecule has 5 heteroatoms. The molecule has 0 saturated carbocycles. The number of hydrogen-bond acceptors (Lipinski definition) is 4. The van der Waals surface area contributed by atoms with Crippen LogP contribution in [0.25, 0.3) is 0 Å². The molecule has 4 nitrogen and oxygen atoms in total. The Kier molecular flexibility index (Phi) is 7.05. The van der Waals surface area contributed by atoms with E-state index in [0.29, 0.717) is 18.3 Å². The van der Waals surface area contributed by atoms with Crippen molar-refractivity contribution in [3.05, 3.63) is 29.8 Å². The quantitative estimate of drug-likeness (QED) is 0.756. The first-order valence-corrected chi connectivity index (χ1v) is 7.88. The predicted molar refractivity (Wildman–Crippen MR) is 77.0 cm³/mol. The van der Waals surface area contributed by atoms with Crippen LogP contribution in [0.1, 0.15) is 25.3 Å². The van der Waals surface area contributed by atoms with Gasteiger partial charge in [-0.25, -0.2) is 0 Å². The molecule has 0 bridgehead atoms. The van der Waals surface area contributed by atoms with E-state index >= 15 is 0 Å². The van der Waals surface area contributed by atoms with E-state index in [0.717, 1.165) is 5.75 Å². The fourth-order valence-corrected chi connectivity index (χ4v) is 2.52. The molecule has 19 heavy (non-hydrogen) atoms. The van der Waals surface area contributed by atoms with Gasteiger partial charge in [0.05, 0.1) is 30.8 Å². The lowest BCUT2D eigenvalue weighted by molar-refractivity contribution is 0.113.